The molecule has 0 spiro atoms. The van der Waals surface area contributed by atoms with E-state index >= 15 is 0 Å². The topological polar surface area (TPSA) is 70.4 Å². The predicted octanol–water partition coefficient (Wildman–Crippen LogP) is 0.852. The standard InChI is InChI=1S/C12H18N2O4/c1-8-6-14(13-9(8)2)7-10(12(16)18-4)5-11(15)17-3/h6,10H,5,7H2,1-4H3. The minimum Gasteiger partial charge on any atom is -0.469 e. The highest BCUT2D eigenvalue weighted by atomic mass is 16.5. The Morgan fingerprint density at radius 2 is 2.00 bits per heavy atom. The van der Waals surface area contributed by atoms with Crippen LogP contribution >= 0.6 is 0 Å². The third kappa shape index (κ3) is 3.58. The van der Waals surface area contributed by atoms with Crippen molar-refractivity contribution in [1.29, 1.82) is 0 Å². The summed E-state index contributed by atoms with van der Waals surface area (Å²) in [5, 5.41) is 4.26. The molecule has 0 fully saturated rings. The van der Waals surface area contributed by atoms with Gasteiger partial charge in [0.1, 0.15) is 0 Å². The highest BCUT2D eigenvalue weighted by Gasteiger charge is 2.24. The second-order valence-corrected chi connectivity index (χ2v) is 4.12. The number of carbonyl (C=O) groups is 2. The van der Waals surface area contributed by atoms with E-state index in [9.17, 15) is 9.59 Å². The van der Waals surface area contributed by atoms with Crippen molar-refractivity contribution >= 4 is 11.9 Å². The average molecular weight is 254 g/mol. The molecule has 0 aliphatic carbocycles. The SMILES string of the molecule is COC(=O)CC(Cn1cc(C)c(C)n1)C(=O)OC. The first-order valence-electron chi connectivity index (χ1n) is 5.63. The smallest absolute Gasteiger partial charge is 0.311 e. The van der Waals surface area contributed by atoms with E-state index in [0.29, 0.717) is 6.54 Å². The van der Waals surface area contributed by atoms with Crippen LogP contribution in [0.3, 0.4) is 0 Å². The van der Waals surface area contributed by atoms with E-state index in [1.807, 2.05) is 20.0 Å². The van der Waals surface area contributed by atoms with Crippen LogP contribution in [0.1, 0.15) is 17.7 Å². The lowest BCUT2D eigenvalue weighted by atomic mass is 10.1. The van der Waals surface area contributed by atoms with Gasteiger partial charge in [0.25, 0.3) is 0 Å². The van der Waals surface area contributed by atoms with Crippen molar-refractivity contribution < 1.29 is 19.1 Å². The molecule has 18 heavy (non-hydrogen) atoms. The van der Waals surface area contributed by atoms with Gasteiger partial charge in [0.2, 0.25) is 0 Å². The van der Waals surface area contributed by atoms with Crippen LogP contribution in [0, 0.1) is 19.8 Å². The summed E-state index contributed by atoms with van der Waals surface area (Å²) in [6.45, 7) is 4.13. The van der Waals surface area contributed by atoms with E-state index in [2.05, 4.69) is 14.6 Å². The number of carbonyl (C=O) groups excluding carboxylic acids is 2. The van der Waals surface area contributed by atoms with Crippen LogP contribution in [-0.2, 0) is 25.6 Å². The van der Waals surface area contributed by atoms with Crippen LogP contribution in [0.4, 0.5) is 0 Å². The summed E-state index contributed by atoms with van der Waals surface area (Å²) >= 11 is 0. The van der Waals surface area contributed by atoms with Crippen molar-refractivity contribution in [2.24, 2.45) is 5.92 Å². The predicted molar refractivity (Wildman–Crippen MR) is 63.8 cm³/mol. The maximum Gasteiger partial charge on any atom is 0.311 e. The highest BCUT2D eigenvalue weighted by Crippen LogP contribution is 2.12. The zero-order valence-electron chi connectivity index (χ0n) is 11.1. The van der Waals surface area contributed by atoms with Gasteiger partial charge in [0, 0.05) is 6.20 Å². The number of ether oxygens (including phenoxy) is 2. The zero-order chi connectivity index (χ0) is 13.7. The Balaban J connectivity index is 2.77. The normalized spacial score (nSPS) is 12.0. The van der Waals surface area contributed by atoms with Crippen LogP contribution in [0.5, 0.6) is 0 Å². The molecule has 0 bridgehead atoms. The molecular weight excluding hydrogens is 236 g/mol. The first-order valence-corrected chi connectivity index (χ1v) is 5.63. The Bertz CT molecular complexity index is 420. The Morgan fingerprint density at radius 3 is 2.44 bits per heavy atom. The Kier molecular flexibility index (Phi) is 4.88. The monoisotopic (exact) mass is 254 g/mol. The highest BCUT2D eigenvalue weighted by molar-refractivity contribution is 5.79. The number of hydrogen-bond acceptors (Lipinski definition) is 5. The maximum absolute atomic E-state index is 11.6. The van der Waals surface area contributed by atoms with Crippen molar-refractivity contribution in [3.05, 3.63) is 17.5 Å². The molecule has 0 aromatic carbocycles. The molecule has 1 heterocycles. The molecule has 0 saturated heterocycles. The maximum atomic E-state index is 11.6. The Hall–Kier alpha value is -1.85. The first kappa shape index (κ1) is 14.2. The second kappa shape index (κ2) is 6.18. The van der Waals surface area contributed by atoms with Crippen molar-refractivity contribution in [3.63, 3.8) is 0 Å². The van der Waals surface area contributed by atoms with Crippen LogP contribution in [0.2, 0.25) is 0 Å². The Morgan fingerprint density at radius 1 is 1.33 bits per heavy atom. The van der Waals surface area contributed by atoms with Gasteiger partial charge in [-0.25, -0.2) is 0 Å². The van der Waals surface area contributed by atoms with E-state index in [-0.39, 0.29) is 6.42 Å². The lowest BCUT2D eigenvalue weighted by molar-refractivity contribution is -0.152. The molecule has 6 heteroatoms. The van der Waals surface area contributed by atoms with Gasteiger partial charge in [-0.15, -0.1) is 0 Å². The van der Waals surface area contributed by atoms with Crippen molar-refractivity contribution in [2.75, 3.05) is 14.2 Å². The molecule has 1 rings (SSSR count). The van der Waals surface area contributed by atoms with Crippen LogP contribution in [0.25, 0.3) is 0 Å². The van der Waals surface area contributed by atoms with Crippen molar-refractivity contribution in [2.45, 2.75) is 26.8 Å². The fraction of sp³-hybridized carbons (Fsp3) is 0.583. The van der Waals surface area contributed by atoms with E-state index < -0.39 is 17.9 Å². The molecule has 1 unspecified atom stereocenters. The average Bonchev–Trinajstić information content (AvgIpc) is 2.66. The summed E-state index contributed by atoms with van der Waals surface area (Å²) in [5.74, 6) is -1.46. The molecule has 1 aromatic heterocycles. The molecule has 0 N–H and O–H groups in total. The number of esters is 2. The van der Waals surface area contributed by atoms with Gasteiger partial charge in [-0.3, -0.25) is 14.3 Å². The van der Waals surface area contributed by atoms with Gasteiger partial charge in [0.05, 0.1) is 38.8 Å². The van der Waals surface area contributed by atoms with Crippen LogP contribution in [-0.4, -0.2) is 35.9 Å². The molecular formula is C12H18N2O4. The molecule has 6 nitrogen and oxygen atoms in total. The molecule has 0 amide bonds. The molecule has 100 valence electrons. The van der Waals surface area contributed by atoms with Gasteiger partial charge >= 0.3 is 11.9 Å². The minimum atomic E-state index is -0.582. The number of rotatable bonds is 5. The minimum absolute atomic E-state index is 0.0128. The lowest BCUT2D eigenvalue weighted by Gasteiger charge is -2.13. The van der Waals surface area contributed by atoms with E-state index in [1.165, 1.54) is 14.2 Å². The van der Waals surface area contributed by atoms with E-state index in [0.717, 1.165) is 11.3 Å². The molecule has 0 radical (unpaired) electrons. The van der Waals surface area contributed by atoms with Crippen LogP contribution < -0.4 is 0 Å². The largest absolute Gasteiger partial charge is 0.469 e. The van der Waals surface area contributed by atoms with Gasteiger partial charge in [-0.05, 0) is 19.4 Å². The fourth-order valence-electron chi connectivity index (χ4n) is 1.61. The van der Waals surface area contributed by atoms with Gasteiger partial charge in [-0.2, -0.15) is 5.10 Å². The summed E-state index contributed by atoms with van der Waals surface area (Å²) in [5.41, 5.74) is 1.94. The van der Waals surface area contributed by atoms with Crippen molar-refractivity contribution in [3.8, 4) is 0 Å². The van der Waals surface area contributed by atoms with Gasteiger partial charge < -0.3 is 9.47 Å². The molecule has 0 aliphatic rings. The first-order chi connectivity index (χ1) is 8.47. The third-order valence-electron chi connectivity index (χ3n) is 2.77. The van der Waals surface area contributed by atoms with E-state index in [1.54, 1.807) is 4.68 Å². The summed E-state index contributed by atoms with van der Waals surface area (Å²) < 4.78 is 10.9. The van der Waals surface area contributed by atoms with E-state index in [4.69, 9.17) is 0 Å². The van der Waals surface area contributed by atoms with Gasteiger partial charge in [0.15, 0.2) is 0 Å². The number of hydrogen-bond donors (Lipinski definition) is 0. The number of nitrogens with zero attached hydrogens (tertiary/aromatic N) is 2. The van der Waals surface area contributed by atoms with Crippen LogP contribution in [0.15, 0.2) is 6.20 Å². The number of aromatic nitrogens is 2. The van der Waals surface area contributed by atoms with Crippen molar-refractivity contribution in [1.82, 2.24) is 9.78 Å². The molecule has 0 saturated carbocycles. The number of aryl methyl sites for hydroxylation is 2. The van der Waals surface area contributed by atoms with Gasteiger partial charge in [-0.1, -0.05) is 0 Å². The summed E-state index contributed by atoms with van der Waals surface area (Å²) in [7, 11) is 2.59. The summed E-state index contributed by atoms with van der Waals surface area (Å²) in [4.78, 5) is 22.8. The Labute approximate surface area is 106 Å². The third-order valence-corrected chi connectivity index (χ3v) is 2.77. The fourth-order valence-corrected chi connectivity index (χ4v) is 1.61. The zero-order valence-corrected chi connectivity index (χ0v) is 11.1. The second-order valence-electron chi connectivity index (χ2n) is 4.12. The summed E-state index contributed by atoms with van der Waals surface area (Å²) in [6.07, 6.45) is 1.82. The molecule has 1 atom stereocenters. The quantitative estimate of drug-likeness (QED) is 0.729. The summed E-state index contributed by atoms with van der Waals surface area (Å²) in [6, 6.07) is 0. The number of methoxy groups -OCH3 is 2. The molecule has 0 aliphatic heterocycles. The molecule has 1 aromatic rings. The lowest BCUT2D eigenvalue weighted by Crippen LogP contribution is -2.25.